The second-order valence-corrected chi connectivity index (χ2v) is 43.1. The molecule has 21 atom stereocenters. The average molecular weight is 2030 g/mol. The summed E-state index contributed by atoms with van der Waals surface area (Å²) in [5.41, 5.74) is 18.4. The third-order valence-electron chi connectivity index (χ3n) is 15.4. The van der Waals surface area contributed by atoms with Gasteiger partial charge in [0.1, 0.15) is 112 Å². The molecule has 13 rings (SSSR count). The van der Waals surface area contributed by atoms with Crippen molar-refractivity contribution in [3.8, 4) is 0 Å². The van der Waals surface area contributed by atoms with Gasteiger partial charge in [-0.1, -0.05) is 22.6 Å². The number of phosphoric acid groups is 3. The number of imidazole rings is 7. The molecule has 0 radical (unpaired) electrons. The molecule has 0 aliphatic carbocycles. The summed E-state index contributed by atoms with van der Waals surface area (Å²) in [4.78, 5) is 180. The van der Waals surface area contributed by atoms with Gasteiger partial charge in [0.25, 0.3) is 15.6 Å². The molecule has 3 saturated heterocycles. The zero-order chi connectivity index (χ0) is 89.4. The number of aliphatic hydroxyl groups is 6. The Hall–Kier alpha value is -5.74. The van der Waals surface area contributed by atoms with Crippen molar-refractivity contribution in [3.63, 3.8) is 0 Å². The van der Waals surface area contributed by atoms with E-state index in [2.05, 4.69) is 93.6 Å². The molecule has 10 aromatic heterocycles. The minimum atomic E-state index is -6.42. The number of rotatable bonds is 24. The van der Waals surface area contributed by atoms with Gasteiger partial charge >= 0.3 is 6.03 Å². The fourth-order valence-corrected chi connectivity index (χ4v) is 22.5. The fraction of sp³-hybridized carbons (Fsp3) is 0.396. The summed E-state index contributed by atoms with van der Waals surface area (Å²) in [6.45, 7) is -3.14. The number of hydrogen-bond acceptors (Lipinski definition) is 49. The smallest absolute Gasteiger partial charge is 0.338 e. The molecule has 71 heteroatoms. The van der Waals surface area contributed by atoms with Crippen LogP contribution in [0.15, 0.2) is 119 Å². The predicted molar refractivity (Wildman–Crippen MR) is 387 cm³/mol. The van der Waals surface area contributed by atoms with Gasteiger partial charge in [-0.05, 0) is 11.0 Å². The van der Waals surface area contributed by atoms with Crippen LogP contribution in [-0.2, 0) is 77.5 Å². The zero-order valence-electron chi connectivity index (χ0n) is 59.2. The zero-order valence-corrected chi connectivity index (χ0v) is 70.7. The lowest BCUT2D eigenvalue weighted by Gasteiger charge is -2.40. The number of halogens is 4. The van der Waals surface area contributed by atoms with E-state index in [1.165, 1.54) is 68.2 Å². The van der Waals surface area contributed by atoms with Crippen LogP contribution in [-0.4, -0.2) is 232 Å². The van der Waals surface area contributed by atoms with Gasteiger partial charge in [0.15, 0.2) is 92.2 Å². The number of aromatic nitrogens is 19. The minimum Gasteiger partial charge on any atom is -0.790 e. The number of nitrogens with two attached hydrogens (primary N) is 3. The predicted octanol–water partition coefficient (Wildman–Crippen LogP) is -6.47. The van der Waals surface area contributed by atoms with E-state index in [9.17, 15) is 125 Å². The largest absolute Gasteiger partial charge is 0.790 e. The van der Waals surface area contributed by atoms with Crippen LogP contribution in [0.5, 0.6) is 0 Å². The maximum Gasteiger partial charge on any atom is 0.338 e. The molecule has 58 nitrogen and oxygen atoms in total. The van der Waals surface area contributed by atoms with Crippen molar-refractivity contribution in [2.24, 2.45) is 0 Å². The summed E-state index contributed by atoms with van der Waals surface area (Å²) in [6, 6.07) is 1.25. The molecular formula is C48H57Cl3IN22O36P9-10. The molecule has 658 valence electrons. The molecule has 119 heavy (non-hydrogen) atoms. The van der Waals surface area contributed by atoms with Gasteiger partial charge in [-0.25, -0.2) is 64.6 Å². The Balaban J connectivity index is 0.000000220. The summed E-state index contributed by atoms with van der Waals surface area (Å²) >= 11 is 17.5. The number of aliphatic hydroxyl groups excluding tert-OH is 6. The first-order chi connectivity index (χ1) is 55.7. The van der Waals surface area contributed by atoms with Crippen molar-refractivity contribution in [1.82, 2.24) is 91.3 Å². The van der Waals surface area contributed by atoms with Crippen LogP contribution in [0.3, 0.4) is 0 Å². The highest BCUT2D eigenvalue weighted by Crippen LogP contribution is 2.72. The fourth-order valence-electron chi connectivity index (χ4n) is 9.91. The van der Waals surface area contributed by atoms with Crippen molar-refractivity contribution < 1.29 is 173 Å². The first-order valence-corrected chi connectivity index (χ1v) is 48.3. The highest BCUT2D eigenvalue weighted by atomic mass is 127. The lowest BCUT2D eigenvalue weighted by Crippen LogP contribution is -2.34. The molecule has 14 N–H and O–H groups in total. The maximum absolute atomic E-state index is 12.5. The molecule has 15 unspecified atom stereocenters. The number of carbonyl (C=O) groups excluding carboxylic acids is 1. The second kappa shape index (κ2) is 40.1. The number of ether oxygens (including phenoxy) is 3. The molecule has 10 aromatic rings. The monoisotopic (exact) mass is 2030 g/mol. The molecule has 0 amide bonds. The van der Waals surface area contributed by atoms with Crippen LogP contribution in [0.1, 0.15) is 20.1 Å². The summed E-state index contributed by atoms with van der Waals surface area (Å²) in [5, 5.41) is 61.8. The maximum atomic E-state index is 12.5. The van der Waals surface area contributed by atoms with E-state index in [0.29, 0.717) is 13.6 Å². The molecule has 3 aliphatic heterocycles. The molecular weight excluding hydrogens is 1970 g/mol. The number of nitrogens with zero attached hydrogens (tertiary/aromatic N) is 19. The number of anilines is 3. The molecule has 0 spiro atoms. The van der Waals surface area contributed by atoms with Crippen LogP contribution in [0.2, 0.25) is 0 Å². The van der Waals surface area contributed by atoms with Gasteiger partial charge in [-0.2, -0.15) is 0 Å². The van der Waals surface area contributed by atoms with Crippen molar-refractivity contribution in [2.45, 2.75) is 88.2 Å². The summed E-state index contributed by atoms with van der Waals surface area (Å²) < 4.78 is 155. The Labute approximate surface area is 692 Å². The number of pyridine rings is 1. The van der Waals surface area contributed by atoms with Gasteiger partial charge in [0.05, 0.1) is 65.0 Å². The van der Waals surface area contributed by atoms with E-state index in [1.54, 1.807) is 24.8 Å². The molecule has 0 saturated carbocycles. The number of fused-ring (bicyclic) bond motifs is 3. The third kappa shape index (κ3) is 24.2. The normalized spacial score (nSPS) is 26.1. The number of phosphoric ester groups is 3. The Morgan fingerprint density at radius 1 is 0.479 bits per heavy atom. The van der Waals surface area contributed by atoms with E-state index in [4.69, 9.17) is 65.8 Å². The van der Waals surface area contributed by atoms with Crippen LogP contribution >= 0.6 is 126 Å². The lowest BCUT2D eigenvalue weighted by molar-refractivity contribution is -0.343. The standard InChI is InChI=1S/C22H30ClN9O18P4.C10H14N5O7P.C7H9ClN4O4P2.C7H6N4O.CH5ClO6P2.CH3I/c23-22(51(37,38)49-53(41,42)45-3-9-13(33)15(35)20(47-9)31-6-29-11-8(24)1-2-26-18(11)31)52(39,40)50-54(43,44)46-4-10-14(34)16(36)21(48-10)32-7-30-12-17(25)27-5-28-19(12)32;11-8-5-9(13-2-12-8)15(3-14-5)10-7(17)6(16)4(22-10)1-21-23(18,19)20;8-7(17(13,14)11-3-1-9-5-11)18(15,16)12-4-2-10-6-12;12-7(10-3-1-8-5-10)11-4-2-9-6-11;2-1(9(3,4)5)10(6,7)8;1-2/h1-2,5-7,9-10,13-16,20-22,33-36H,3-4H2,(H2,24,26)(H,37,38)(H,39,40)(H,41,42)(H,43,44)(H2,25,27,28);2-4,6-7,10,16-17H,1H2,(H2,11,12,13)(H2,18,19,20);1-7H,(H,13,14)(H,15,16);1-6H;1H,(H2,3,4,5)(H2,6,7,8);1H3/p-10/t9-,10+,13?,14?,15?,16?,20-,21+,22?;4-,6?,7?,10-;;;;/m10..../s1/i;;;;;1D. The highest BCUT2D eigenvalue weighted by molar-refractivity contribution is 14.1. The molecule has 0 aromatic carbocycles. The first-order valence-electron chi connectivity index (χ1n) is 32.0. The Bertz CT molecular complexity index is 5310. The Morgan fingerprint density at radius 2 is 0.815 bits per heavy atom. The summed E-state index contributed by atoms with van der Waals surface area (Å²) in [7, 11) is -49.9. The first kappa shape index (κ1) is 97.1. The van der Waals surface area contributed by atoms with Crippen LogP contribution in [0.25, 0.3) is 33.5 Å². The SMILES string of the molecule is Nc1ccnc2c1ncn2[C@@H]1O[C@H](COP(=O)([O-])OP(=O)([O-])C(Cl)P(=O)([O-])OP(=O)([O-])OC[C@@H]2O[C@H](n3cnc4c(N)ncnc43)C(O)C2O)C(O)C1O.Nc1ncnc2c1ncn2[C@H]1O[C@@H](COP(=O)([O-])[O-])C(O)C1O.O=C(n1ccnc1)n1ccnc1.O=P([O-])(C(Cl)P(=O)([O-])n1ccnc1)n1ccnc1.O=P([O-])(O)C(Cl)P(=O)([O-])O.[2H]CI. The molecule has 13 heterocycles. The highest BCUT2D eigenvalue weighted by Gasteiger charge is 2.49. The molecule has 3 fully saturated rings. The molecule has 0 bridgehead atoms. The average Bonchev–Trinajstić information content (AvgIpc) is 1.60. The quantitative estimate of drug-likeness (QED) is 0.0152. The number of hydrogen-bond donors (Lipinski definition) is 11. The summed E-state index contributed by atoms with van der Waals surface area (Å²) in [6.07, 6.45) is 4.23. The third-order valence-corrected chi connectivity index (χ3v) is 34.8. The Kier molecular flexibility index (Phi) is 32.7. The van der Waals surface area contributed by atoms with Gasteiger partial charge < -0.3 is 166 Å². The van der Waals surface area contributed by atoms with Crippen molar-refractivity contribution in [1.29, 1.82) is 0 Å². The topological polar surface area (TPSA) is 904 Å². The molecule has 3 aliphatic rings. The van der Waals surface area contributed by atoms with Crippen LogP contribution in [0.4, 0.5) is 22.1 Å². The second-order valence-electron chi connectivity index (χ2n) is 23.3. The van der Waals surface area contributed by atoms with Crippen molar-refractivity contribution >= 4 is 183 Å². The summed E-state index contributed by atoms with van der Waals surface area (Å²) in [5.74, 6) is 0.0908. The Morgan fingerprint density at radius 3 is 1.13 bits per heavy atom. The van der Waals surface area contributed by atoms with E-state index in [-0.39, 0.29) is 56.8 Å². The van der Waals surface area contributed by atoms with Crippen LogP contribution < -0.4 is 66.1 Å². The number of carbonyl (C=O) groups is 1. The van der Waals surface area contributed by atoms with Crippen molar-refractivity contribution in [2.75, 3.05) is 41.9 Å². The lowest BCUT2D eigenvalue weighted by atomic mass is 10.1. The van der Waals surface area contributed by atoms with Gasteiger partial charge in [-0.3, -0.25) is 49.3 Å². The number of nitrogen functional groups attached to an aromatic ring is 3. The van der Waals surface area contributed by atoms with E-state index >= 15 is 0 Å². The number of alkyl halides is 4. The minimum absolute atomic E-state index is 0.0345. The van der Waals surface area contributed by atoms with Gasteiger partial charge in [-0.15, -0.1) is 34.8 Å². The van der Waals surface area contributed by atoms with Crippen LogP contribution in [0, 0.1) is 0 Å². The van der Waals surface area contributed by atoms with Gasteiger partial charge in [0.2, 0.25) is 0 Å². The van der Waals surface area contributed by atoms with Crippen molar-refractivity contribution in [3.05, 3.63) is 119 Å². The van der Waals surface area contributed by atoms with E-state index in [1.807, 2.05) is 22.6 Å². The van der Waals surface area contributed by atoms with E-state index < -0.39 is 177 Å². The van der Waals surface area contributed by atoms with E-state index in [0.717, 1.165) is 48.6 Å². The van der Waals surface area contributed by atoms with Gasteiger partial charge in [0, 0.05) is 57.1 Å².